The first-order valence-electron chi connectivity index (χ1n) is 9.97. The van der Waals surface area contributed by atoms with Crippen LogP contribution in [0.5, 0.6) is 0 Å². The molecule has 1 aliphatic carbocycles. The van der Waals surface area contributed by atoms with Crippen LogP contribution in [-0.4, -0.2) is 53.5 Å². The van der Waals surface area contributed by atoms with E-state index in [1.165, 1.54) is 0 Å². The van der Waals surface area contributed by atoms with E-state index in [0.29, 0.717) is 19.7 Å². The zero-order valence-electron chi connectivity index (χ0n) is 16.3. The van der Waals surface area contributed by atoms with Crippen LogP contribution in [0, 0.1) is 11.8 Å². The molecule has 1 aromatic rings. The van der Waals surface area contributed by atoms with Crippen molar-refractivity contribution in [3.8, 4) is 0 Å². The van der Waals surface area contributed by atoms with Gasteiger partial charge in [0.2, 0.25) is 5.91 Å². The van der Waals surface area contributed by atoms with Gasteiger partial charge in [-0.2, -0.15) is 0 Å². The van der Waals surface area contributed by atoms with Crippen molar-refractivity contribution in [2.75, 3.05) is 19.6 Å². The first-order chi connectivity index (χ1) is 13.0. The molecule has 0 unspecified atom stereocenters. The topological polar surface area (TPSA) is 75.9 Å². The second-order valence-electron chi connectivity index (χ2n) is 8.13. The van der Waals surface area contributed by atoms with Crippen molar-refractivity contribution in [2.24, 2.45) is 17.6 Å². The Hall–Kier alpha value is -2.08. The van der Waals surface area contributed by atoms with Crippen LogP contribution in [0.4, 0.5) is 4.79 Å². The van der Waals surface area contributed by atoms with E-state index < -0.39 is 6.04 Å². The van der Waals surface area contributed by atoms with E-state index in [1.54, 1.807) is 0 Å². The van der Waals surface area contributed by atoms with Crippen molar-refractivity contribution in [3.05, 3.63) is 35.9 Å². The maximum absolute atomic E-state index is 12.6. The first kappa shape index (κ1) is 19.7. The number of amides is 2. The van der Waals surface area contributed by atoms with Crippen LogP contribution in [-0.2, 0) is 16.1 Å². The van der Waals surface area contributed by atoms with Gasteiger partial charge in [0.25, 0.3) is 0 Å². The number of nitrogens with zero attached hydrogens (tertiary/aromatic N) is 2. The minimum absolute atomic E-state index is 0.0251. The number of ether oxygens (including phenoxy) is 1. The average Bonchev–Trinajstić information content (AvgIpc) is 3.41. The lowest BCUT2D eigenvalue weighted by Gasteiger charge is -2.26. The summed E-state index contributed by atoms with van der Waals surface area (Å²) >= 11 is 0. The minimum Gasteiger partial charge on any atom is -0.445 e. The van der Waals surface area contributed by atoms with E-state index >= 15 is 0 Å². The Labute approximate surface area is 161 Å². The molecule has 1 heterocycles. The molecule has 3 rings (SSSR count). The third-order valence-electron chi connectivity index (χ3n) is 5.48. The van der Waals surface area contributed by atoms with Crippen LogP contribution >= 0.6 is 0 Å². The number of rotatable bonds is 7. The molecule has 2 amide bonds. The predicted molar refractivity (Wildman–Crippen MR) is 104 cm³/mol. The molecular formula is C21H31N3O3. The summed E-state index contributed by atoms with van der Waals surface area (Å²) in [6, 6.07) is 9.57. The molecule has 1 aliphatic heterocycles. The second-order valence-corrected chi connectivity index (χ2v) is 8.13. The highest BCUT2D eigenvalue weighted by molar-refractivity contribution is 5.82. The fourth-order valence-electron chi connectivity index (χ4n) is 3.52. The highest BCUT2D eigenvalue weighted by atomic mass is 16.6. The van der Waals surface area contributed by atoms with Crippen LogP contribution < -0.4 is 5.73 Å². The maximum Gasteiger partial charge on any atom is 0.410 e. The molecule has 0 bridgehead atoms. The predicted octanol–water partition coefficient (Wildman–Crippen LogP) is 2.62. The average molecular weight is 373 g/mol. The van der Waals surface area contributed by atoms with Gasteiger partial charge >= 0.3 is 6.09 Å². The summed E-state index contributed by atoms with van der Waals surface area (Å²) in [5.74, 6) is 0.447. The van der Waals surface area contributed by atoms with Crippen LogP contribution in [0.1, 0.15) is 38.7 Å². The van der Waals surface area contributed by atoms with Crippen molar-refractivity contribution in [3.63, 3.8) is 0 Å². The molecule has 2 atom stereocenters. The van der Waals surface area contributed by atoms with Gasteiger partial charge in [-0.05, 0) is 36.7 Å². The Morgan fingerprint density at radius 1 is 1.22 bits per heavy atom. The number of hydrogen-bond donors (Lipinski definition) is 1. The molecule has 0 radical (unpaired) electrons. The fraction of sp³-hybridized carbons (Fsp3) is 0.619. The molecule has 0 aromatic heterocycles. The normalized spacial score (nSPS) is 20.6. The van der Waals surface area contributed by atoms with Gasteiger partial charge in [-0.3, -0.25) is 4.79 Å². The largest absolute Gasteiger partial charge is 0.445 e. The highest BCUT2D eigenvalue weighted by Gasteiger charge is 2.38. The smallest absolute Gasteiger partial charge is 0.410 e. The van der Waals surface area contributed by atoms with Crippen molar-refractivity contribution in [1.82, 2.24) is 9.80 Å². The molecule has 1 aromatic carbocycles. The van der Waals surface area contributed by atoms with E-state index in [2.05, 4.69) is 0 Å². The zero-order chi connectivity index (χ0) is 19.4. The van der Waals surface area contributed by atoms with Crippen LogP contribution in [0.15, 0.2) is 30.3 Å². The second kappa shape index (κ2) is 8.74. The van der Waals surface area contributed by atoms with Gasteiger partial charge in [0.05, 0.1) is 6.04 Å². The Morgan fingerprint density at radius 3 is 2.56 bits per heavy atom. The van der Waals surface area contributed by atoms with Crippen molar-refractivity contribution in [2.45, 2.75) is 51.8 Å². The molecule has 27 heavy (non-hydrogen) atoms. The molecular weight excluding hydrogens is 342 g/mol. The number of carbonyl (C=O) groups excluding carboxylic acids is 2. The lowest BCUT2D eigenvalue weighted by molar-refractivity contribution is -0.132. The van der Waals surface area contributed by atoms with Gasteiger partial charge in [0, 0.05) is 25.7 Å². The Kier molecular flexibility index (Phi) is 6.37. The molecule has 2 aliphatic rings. The molecule has 148 valence electrons. The molecule has 2 fully saturated rings. The standard InChI is InChI=1S/C21H31N3O3/c1-15(2)19(22)20(25)23-11-10-17(12-23)13-24(18-8-9-18)21(26)27-14-16-6-4-3-5-7-16/h3-7,15,17-19H,8-14,22H2,1-2H3/t17-,19+/m1/s1. The lowest BCUT2D eigenvalue weighted by Crippen LogP contribution is -2.46. The van der Waals surface area contributed by atoms with Crippen molar-refractivity contribution >= 4 is 12.0 Å². The summed E-state index contributed by atoms with van der Waals surface area (Å²) in [5, 5.41) is 0. The maximum atomic E-state index is 12.6. The van der Waals surface area contributed by atoms with Crippen molar-refractivity contribution < 1.29 is 14.3 Å². The SMILES string of the molecule is CC(C)[C@H](N)C(=O)N1CC[C@@H](CN(C(=O)OCc2ccccc2)C2CC2)C1. The third kappa shape index (κ3) is 5.22. The Bertz CT molecular complexity index is 645. The van der Waals surface area contributed by atoms with Gasteiger partial charge in [-0.15, -0.1) is 0 Å². The molecule has 1 saturated carbocycles. The molecule has 2 N–H and O–H groups in total. The Balaban J connectivity index is 1.51. The number of likely N-dealkylation sites (tertiary alicyclic amines) is 1. The van der Waals surface area contributed by atoms with Gasteiger partial charge in [0.15, 0.2) is 0 Å². The van der Waals surface area contributed by atoms with Gasteiger partial charge in [0.1, 0.15) is 6.61 Å². The highest BCUT2D eigenvalue weighted by Crippen LogP contribution is 2.30. The number of carbonyl (C=O) groups is 2. The van der Waals surface area contributed by atoms with E-state index in [-0.39, 0.29) is 29.9 Å². The fourth-order valence-corrected chi connectivity index (χ4v) is 3.52. The minimum atomic E-state index is -0.445. The van der Waals surface area contributed by atoms with Gasteiger partial charge < -0.3 is 20.3 Å². The summed E-state index contributed by atoms with van der Waals surface area (Å²) in [7, 11) is 0. The van der Waals surface area contributed by atoms with E-state index in [9.17, 15) is 9.59 Å². The van der Waals surface area contributed by atoms with Gasteiger partial charge in [-0.25, -0.2) is 4.79 Å². The monoisotopic (exact) mass is 373 g/mol. The van der Waals surface area contributed by atoms with E-state index in [0.717, 1.165) is 31.4 Å². The van der Waals surface area contributed by atoms with Crippen LogP contribution in [0.3, 0.4) is 0 Å². The van der Waals surface area contributed by atoms with E-state index in [4.69, 9.17) is 10.5 Å². The Morgan fingerprint density at radius 2 is 1.93 bits per heavy atom. The molecule has 6 nitrogen and oxygen atoms in total. The summed E-state index contributed by atoms with van der Waals surface area (Å²) in [6.45, 7) is 6.28. The third-order valence-corrected chi connectivity index (χ3v) is 5.48. The summed E-state index contributed by atoms with van der Waals surface area (Å²) in [5.41, 5.74) is 7.00. The molecule has 1 saturated heterocycles. The van der Waals surface area contributed by atoms with Crippen LogP contribution in [0.2, 0.25) is 0 Å². The lowest BCUT2D eigenvalue weighted by atomic mass is 10.0. The molecule has 6 heteroatoms. The van der Waals surface area contributed by atoms with E-state index in [1.807, 2.05) is 54.0 Å². The zero-order valence-corrected chi connectivity index (χ0v) is 16.3. The molecule has 0 spiro atoms. The van der Waals surface area contributed by atoms with Crippen LogP contribution in [0.25, 0.3) is 0 Å². The van der Waals surface area contributed by atoms with Gasteiger partial charge in [-0.1, -0.05) is 44.2 Å². The number of hydrogen-bond acceptors (Lipinski definition) is 4. The summed E-state index contributed by atoms with van der Waals surface area (Å²) < 4.78 is 5.53. The summed E-state index contributed by atoms with van der Waals surface area (Å²) in [4.78, 5) is 28.8. The number of nitrogens with two attached hydrogens (primary N) is 1. The number of benzene rings is 1. The van der Waals surface area contributed by atoms with Crippen molar-refractivity contribution in [1.29, 1.82) is 0 Å². The quantitative estimate of drug-likeness (QED) is 0.797. The summed E-state index contributed by atoms with van der Waals surface area (Å²) in [6.07, 6.45) is 2.73. The first-order valence-corrected chi connectivity index (χ1v) is 9.97.